The Morgan fingerprint density at radius 2 is 2.00 bits per heavy atom. The number of nitrogens with zero attached hydrogens (tertiary/aromatic N) is 2. The van der Waals surface area contributed by atoms with E-state index in [0.717, 1.165) is 22.2 Å². The Morgan fingerprint density at radius 3 is 2.84 bits per heavy atom. The van der Waals surface area contributed by atoms with Crippen molar-refractivity contribution < 1.29 is 9.59 Å². The van der Waals surface area contributed by atoms with Gasteiger partial charge < -0.3 is 10.2 Å². The van der Waals surface area contributed by atoms with Crippen molar-refractivity contribution in [3.05, 3.63) is 65.9 Å². The minimum Gasteiger partial charge on any atom is -0.321 e. The number of pyridine rings is 1. The molecule has 0 fully saturated rings. The van der Waals surface area contributed by atoms with E-state index >= 15 is 0 Å². The molecular weight excluding hydrogens is 314 g/mol. The van der Waals surface area contributed by atoms with Crippen LogP contribution >= 0.6 is 0 Å². The second-order valence-electron chi connectivity index (χ2n) is 6.00. The smallest absolute Gasteiger partial charge is 0.274 e. The Morgan fingerprint density at radius 1 is 1.16 bits per heavy atom. The van der Waals surface area contributed by atoms with Crippen molar-refractivity contribution in [2.24, 2.45) is 0 Å². The van der Waals surface area contributed by atoms with Gasteiger partial charge in [0.05, 0.1) is 11.9 Å². The molecule has 4 rings (SSSR count). The van der Waals surface area contributed by atoms with Gasteiger partial charge in [-0.15, -0.1) is 0 Å². The number of nitrogens with one attached hydrogen (secondary N) is 1. The molecule has 1 aliphatic heterocycles. The van der Waals surface area contributed by atoms with E-state index in [4.69, 9.17) is 0 Å². The molecule has 1 N–H and O–H groups in total. The lowest BCUT2D eigenvalue weighted by molar-refractivity contribution is -0.117. The lowest BCUT2D eigenvalue weighted by Gasteiger charge is -2.14. The first-order valence-electron chi connectivity index (χ1n) is 8.26. The maximum Gasteiger partial charge on any atom is 0.274 e. The van der Waals surface area contributed by atoms with Gasteiger partial charge in [-0.05, 0) is 42.8 Å². The van der Waals surface area contributed by atoms with Gasteiger partial charge in [0.25, 0.3) is 5.91 Å². The predicted octanol–water partition coefficient (Wildman–Crippen LogP) is 3.40. The third-order valence-electron chi connectivity index (χ3n) is 4.42. The van der Waals surface area contributed by atoms with Gasteiger partial charge in [-0.2, -0.15) is 0 Å². The molecule has 1 aromatic heterocycles. The zero-order valence-corrected chi connectivity index (χ0v) is 13.8. The van der Waals surface area contributed by atoms with Crippen LogP contribution in [0.5, 0.6) is 0 Å². The Balaban J connectivity index is 1.58. The molecule has 0 unspecified atom stereocenters. The Bertz CT molecular complexity index is 997. The molecule has 0 bridgehead atoms. The minimum atomic E-state index is -0.262. The number of likely N-dealkylation sites (N-methyl/N-ethyl adjacent to an activating group) is 1. The molecule has 0 radical (unpaired) electrons. The average Bonchev–Trinajstić information content (AvgIpc) is 2.95. The van der Waals surface area contributed by atoms with Gasteiger partial charge >= 0.3 is 0 Å². The van der Waals surface area contributed by atoms with Crippen molar-refractivity contribution in [3.63, 3.8) is 0 Å². The number of hydrogen-bond acceptors (Lipinski definition) is 3. The molecule has 5 heteroatoms. The van der Waals surface area contributed by atoms with Crippen molar-refractivity contribution in [1.29, 1.82) is 0 Å². The van der Waals surface area contributed by atoms with Gasteiger partial charge in [0.15, 0.2) is 0 Å². The number of aromatic nitrogens is 1. The molecule has 3 aromatic rings. The maximum atomic E-state index is 12.5. The normalized spacial score (nSPS) is 13.2. The lowest BCUT2D eigenvalue weighted by atomic mass is 10.1. The van der Waals surface area contributed by atoms with Gasteiger partial charge in [0.2, 0.25) is 5.91 Å². The molecular formula is C20H17N3O2. The van der Waals surface area contributed by atoms with Gasteiger partial charge in [0.1, 0.15) is 5.69 Å². The molecule has 0 saturated heterocycles. The summed E-state index contributed by atoms with van der Waals surface area (Å²) in [6, 6.07) is 16.8. The first kappa shape index (κ1) is 15.3. The van der Waals surface area contributed by atoms with Crippen LogP contribution in [0.3, 0.4) is 0 Å². The van der Waals surface area contributed by atoms with E-state index in [0.29, 0.717) is 24.3 Å². The number of carbonyl (C=O) groups is 2. The molecule has 124 valence electrons. The predicted molar refractivity (Wildman–Crippen MR) is 97.9 cm³/mol. The summed E-state index contributed by atoms with van der Waals surface area (Å²) in [6.45, 7) is 2.60. The SMILES string of the molecule is CCN1C(=O)Cc2cc(NC(=O)c3ccc4ccccc4n3)ccc21. The van der Waals surface area contributed by atoms with Crippen LogP contribution in [-0.4, -0.2) is 23.3 Å². The number of fused-ring (bicyclic) bond motifs is 2. The standard InChI is InChI=1S/C20H17N3O2/c1-2-23-18-10-8-15(11-14(18)12-19(23)24)21-20(25)17-9-7-13-5-3-4-6-16(13)22-17/h3-11H,2,12H2,1H3,(H,21,25). The Kier molecular flexibility index (Phi) is 3.69. The Labute approximate surface area is 145 Å². The van der Waals surface area contributed by atoms with Crippen LogP contribution < -0.4 is 10.2 Å². The summed E-state index contributed by atoms with van der Waals surface area (Å²) in [7, 11) is 0. The number of rotatable bonds is 3. The third-order valence-corrected chi connectivity index (χ3v) is 4.42. The van der Waals surface area contributed by atoms with Crippen LogP contribution in [0.15, 0.2) is 54.6 Å². The molecule has 0 aliphatic carbocycles. The average molecular weight is 331 g/mol. The van der Waals surface area contributed by atoms with Crippen LogP contribution in [0.25, 0.3) is 10.9 Å². The molecule has 0 spiro atoms. The summed E-state index contributed by atoms with van der Waals surface area (Å²) in [5, 5.41) is 3.86. The molecule has 1 aliphatic rings. The second kappa shape index (κ2) is 6.02. The summed E-state index contributed by atoms with van der Waals surface area (Å²) in [6.07, 6.45) is 0.376. The monoisotopic (exact) mass is 331 g/mol. The molecule has 2 aromatic carbocycles. The van der Waals surface area contributed by atoms with E-state index in [9.17, 15) is 9.59 Å². The van der Waals surface area contributed by atoms with E-state index < -0.39 is 0 Å². The highest BCUT2D eigenvalue weighted by Gasteiger charge is 2.26. The molecule has 0 atom stereocenters. The van der Waals surface area contributed by atoms with Gasteiger partial charge in [-0.3, -0.25) is 9.59 Å². The number of para-hydroxylation sites is 1. The van der Waals surface area contributed by atoms with E-state index in [2.05, 4.69) is 10.3 Å². The highest BCUT2D eigenvalue weighted by molar-refractivity contribution is 6.05. The van der Waals surface area contributed by atoms with E-state index in [1.165, 1.54) is 0 Å². The fourth-order valence-electron chi connectivity index (χ4n) is 3.20. The lowest BCUT2D eigenvalue weighted by Crippen LogP contribution is -2.25. The summed E-state index contributed by atoms with van der Waals surface area (Å²) in [5.41, 5.74) is 3.69. The minimum absolute atomic E-state index is 0.0946. The largest absolute Gasteiger partial charge is 0.321 e. The number of hydrogen-bond donors (Lipinski definition) is 1. The zero-order chi connectivity index (χ0) is 17.4. The summed E-state index contributed by atoms with van der Waals surface area (Å²) in [5.74, 6) is -0.167. The van der Waals surface area contributed by atoms with Crippen molar-refractivity contribution in [2.75, 3.05) is 16.8 Å². The summed E-state index contributed by atoms with van der Waals surface area (Å²) >= 11 is 0. The van der Waals surface area contributed by atoms with E-state index in [1.807, 2.05) is 55.5 Å². The van der Waals surface area contributed by atoms with Crippen LogP contribution in [0.1, 0.15) is 23.0 Å². The summed E-state index contributed by atoms with van der Waals surface area (Å²) in [4.78, 5) is 30.6. The highest BCUT2D eigenvalue weighted by Crippen LogP contribution is 2.31. The van der Waals surface area contributed by atoms with Crippen LogP contribution in [-0.2, 0) is 11.2 Å². The number of anilines is 2. The quantitative estimate of drug-likeness (QED) is 0.800. The molecule has 2 amide bonds. The number of benzene rings is 2. The van der Waals surface area contributed by atoms with Crippen LogP contribution in [0.4, 0.5) is 11.4 Å². The molecule has 0 saturated carbocycles. The number of carbonyl (C=O) groups excluding carboxylic acids is 2. The first-order valence-corrected chi connectivity index (χ1v) is 8.26. The van der Waals surface area contributed by atoms with Gasteiger partial charge in [-0.25, -0.2) is 4.98 Å². The van der Waals surface area contributed by atoms with Gasteiger partial charge in [-0.1, -0.05) is 24.3 Å². The first-order chi connectivity index (χ1) is 12.2. The van der Waals surface area contributed by atoms with Crippen molar-refractivity contribution in [3.8, 4) is 0 Å². The second-order valence-corrected chi connectivity index (χ2v) is 6.00. The maximum absolute atomic E-state index is 12.5. The molecule has 2 heterocycles. The van der Waals surface area contributed by atoms with Crippen molar-refractivity contribution in [1.82, 2.24) is 4.98 Å². The topological polar surface area (TPSA) is 62.3 Å². The third kappa shape index (κ3) is 2.74. The van der Waals surface area contributed by atoms with Crippen LogP contribution in [0.2, 0.25) is 0 Å². The molecule has 5 nitrogen and oxygen atoms in total. The zero-order valence-electron chi connectivity index (χ0n) is 13.8. The summed E-state index contributed by atoms with van der Waals surface area (Å²) < 4.78 is 0. The van der Waals surface area contributed by atoms with Crippen molar-refractivity contribution in [2.45, 2.75) is 13.3 Å². The van der Waals surface area contributed by atoms with Crippen molar-refractivity contribution >= 4 is 34.1 Å². The van der Waals surface area contributed by atoms with E-state index in [-0.39, 0.29) is 11.8 Å². The number of amides is 2. The van der Waals surface area contributed by atoms with Crippen LogP contribution in [0, 0.1) is 0 Å². The fraction of sp³-hybridized carbons (Fsp3) is 0.150. The highest BCUT2D eigenvalue weighted by atomic mass is 16.2. The fourth-order valence-corrected chi connectivity index (χ4v) is 3.20. The molecule has 25 heavy (non-hydrogen) atoms. The van der Waals surface area contributed by atoms with Gasteiger partial charge in [0, 0.05) is 23.3 Å². The Hall–Kier alpha value is -3.21. The van der Waals surface area contributed by atoms with E-state index in [1.54, 1.807) is 11.0 Å².